The number of cyclic esters (lactones) is 1. The predicted octanol–water partition coefficient (Wildman–Crippen LogP) is 1.93. The maximum atomic E-state index is 15.6. The maximum absolute atomic E-state index is 15.6. The Labute approximate surface area is 255 Å². The Morgan fingerprint density at radius 1 is 0.955 bits per heavy atom. The number of halogens is 2. The molecule has 0 bridgehead atoms. The van der Waals surface area contributed by atoms with Gasteiger partial charge in [-0.1, -0.05) is 0 Å². The summed E-state index contributed by atoms with van der Waals surface area (Å²) in [5.74, 6) is -2.35. The number of nitrogens with one attached hydrogen (secondary N) is 1. The lowest BCUT2D eigenvalue weighted by Gasteiger charge is -2.51. The van der Waals surface area contributed by atoms with Gasteiger partial charge >= 0.3 is 18.2 Å². The molecule has 3 aliphatic heterocycles. The topological polar surface area (TPSA) is 132 Å². The molecule has 3 aliphatic carbocycles. The van der Waals surface area contributed by atoms with Crippen LogP contribution in [0.3, 0.4) is 0 Å². The van der Waals surface area contributed by atoms with Gasteiger partial charge in [0.2, 0.25) is 0 Å². The molecule has 44 heavy (non-hydrogen) atoms. The normalized spacial score (nSPS) is 36.8. The van der Waals surface area contributed by atoms with E-state index in [0.29, 0.717) is 45.4 Å². The van der Waals surface area contributed by atoms with Crippen molar-refractivity contribution in [3.05, 3.63) is 11.8 Å². The molecule has 12 nitrogen and oxygen atoms in total. The highest BCUT2D eigenvalue weighted by atomic mass is 19.1. The number of carbonyl (C=O) groups excluding carboxylic acids is 3. The van der Waals surface area contributed by atoms with E-state index in [1.165, 1.54) is 6.20 Å². The van der Waals surface area contributed by atoms with Crippen LogP contribution < -0.4 is 5.32 Å². The van der Waals surface area contributed by atoms with Gasteiger partial charge < -0.3 is 29.7 Å². The molecule has 2 amide bonds. The molecule has 8 atom stereocenters. The SMILES string of the molecule is CCOC(=O)NC[C@H]1CN(C2CCC(N3CCN(C4CC5C(CC4F)C(=O)C(C(=O)O)=CN5C4CC4)CC3)C(F)C2)C(=O)O1. The number of ketones is 1. The fourth-order valence-corrected chi connectivity index (χ4v) is 8.02. The molecular formula is C30H43F2N5O7. The van der Waals surface area contributed by atoms with E-state index in [9.17, 15) is 24.3 Å². The summed E-state index contributed by atoms with van der Waals surface area (Å²) in [5, 5.41) is 12.1. The second kappa shape index (κ2) is 12.8. The molecule has 14 heteroatoms. The van der Waals surface area contributed by atoms with E-state index in [1.54, 1.807) is 11.8 Å². The number of carbonyl (C=O) groups is 4. The quantitative estimate of drug-likeness (QED) is 0.387. The van der Waals surface area contributed by atoms with Crippen LogP contribution in [-0.2, 0) is 19.1 Å². The van der Waals surface area contributed by atoms with Gasteiger partial charge in [-0.05, 0) is 45.4 Å². The number of hydrogen-bond acceptors (Lipinski definition) is 9. The standard InChI is InChI=1S/C30H43F2N5O7/c1-2-43-29(41)33-14-19-15-37(30(42)44-19)18-5-6-24(22(31)11-18)34-7-9-35(10-8-34)26-13-25-20(12-23(26)32)27(38)21(28(39)40)16-36(25)17-3-4-17/h16-20,22-26H,2-15H2,1H3,(H,33,41)(H,39,40)/t18?,19-,20?,22?,23?,24?,25?,26?/m0/s1. The Morgan fingerprint density at radius 2 is 1.61 bits per heavy atom. The monoisotopic (exact) mass is 623 g/mol. The van der Waals surface area contributed by atoms with Gasteiger partial charge in [-0.25, -0.2) is 23.2 Å². The van der Waals surface area contributed by atoms with E-state index < -0.39 is 48.3 Å². The number of hydrogen-bond donors (Lipinski definition) is 2. The van der Waals surface area contributed by atoms with Crippen LogP contribution in [0.4, 0.5) is 18.4 Å². The van der Waals surface area contributed by atoms with Gasteiger partial charge in [0.05, 0.1) is 19.7 Å². The van der Waals surface area contributed by atoms with Crippen molar-refractivity contribution in [1.82, 2.24) is 24.9 Å². The van der Waals surface area contributed by atoms with Gasteiger partial charge in [0.15, 0.2) is 5.78 Å². The summed E-state index contributed by atoms with van der Waals surface area (Å²) in [6, 6.07) is -0.891. The summed E-state index contributed by atoms with van der Waals surface area (Å²) in [7, 11) is 0. The summed E-state index contributed by atoms with van der Waals surface area (Å²) in [4.78, 5) is 56.6. The van der Waals surface area contributed by atoms with Gasteiger partial charge in [-0.15, -0.1) is 0 Å². The van der Waals surface area contributed by atoms with E-state index in [-0.39, 0.29) is 68.3 Å². The van der Waals surface area contributed by atoms with E-state index in [4.69, 9.17) is 9.47 Å². The third-order valence-corrected chi connectivity index (χ3v) is 10.4. The third-order valence-electron chi connectivity index (χ3n) is 10.4. The van der Waals surface area contributed by atoms with Crippen LogP contribution in [0.2, 0.25) is 0 Å². The molecule has 244 valence electrons. The van der Waals surface area contributed by atoms with Crippen LogP contribution >= 0.6 is 0 Å². The van der Waals surface area contributed by atoms with Crippen molar-refractivity contribution >= 4 is 23.9 Å². The van der Waals surface area contributed by atoms with Crippen molar-refractivity contribution in [2.24, 2.45) is 5.92 Å². The molecule has 7 unspecified atom stereocenters. The van der Waals surface area contributed by atoms with Crippen LogP contribution in [0.1, 0.15) is 51.9 Å². The molecule has 2 saturated heterocycles. The highest BCUT2D eigenvalue weighted by Crippen LogP contribution is 2.43. The number of ether oxygens (including phenoxy) is 2. The lowest BCUT2D eigenvalue weighted by Crippen LogP contribution is -2.62. The zero-order chi connectivity index (χ0) is 31.1. The number of carboxylic acids is 1. The molecule has 0 radical (unpaired) electrons. The number of amides is 2. The number of alkyl halides is 2. The Kier molecular flexibility index (Phi) is 9.00. The van der Waals surface area contributed by atoms with Crippen molar-refractivity contribution in [2.45, 2.75) is 101 Å². The molecule has 0 aromatic heterocycles. The van der Waals surface area contributed by atoms with Gasteiger partial charge in [0.25, 0.3) is 0 Å². The van der Waals surface area contributed by atoms with Crippen LogP contribution in [0, 0.1) is 5.92 Å². The average molecular weight is 624 g/mol. The van der Waals surface area contributed by atoms with E-state index >= 15 is 8.78 Å². The first-order chi connectivity index (χ1) is 21.1. The Balaban J connectivity index is 1.00. The number of nitrogens with zero attached hydrogens (tertiary/aromatic N) is 4. The Bertz CT molecular complexity index is 1160. The molecule has 6 aliphatic rings. The summed E-state index contributed by atoms with van der Waals surface area (Å²) >= 11 is 0. The number of Topliss-reactive ketones (excluding diaryl/α,β-unsaturated/α-hetero) is 1. The lowest BCUT2D eigenvalue weighted by atomic mass is 9.73. The fourth-order valence-electron chi connectivity index (χ4n) is 8.02. The van der Waals surface area contributed by atoms with Gasteiger partial charge in [-0.2, -0.15) is 0 Å². The van der Waals surface area contributed by atoms with Crippen LogP contribution in [0.5, 0.6) is 0 Å². The number of fused-ring (bicyclic) bond motifs is 1. The van der Waals surface area contributed by atoms with Crippen LogP contribution in [0.15, 0.2) is 11.8 Å². The number of rotatable bonds is 8. The number of aliphatic carboxylic acids is 1. The third kappa shape index (κ3) is 6.24. The first kappa shape index (κ1) is 31.0. The molecule has 5 fully saturated rings. The van der Waals surface area contributed by atoms with Crippen LogP contribution in [-0.4, -0.2) is 143 Å². The molecule has 3 saturated carbocycles. The summed E-state index contributed by atoms with van der Waals surface area (Å²) in [6.07, 6.45) is 1.41. The van der Waals surface area contributed by atoms with Crippen molar-refractivity contribution in [3.8, 4) is 0 Å². The van der Waals surface area contributed by atoms with Crippen molar-refractivity contribution < 1.29 is 42.5 Å². The summed E-state index contributed by atoms with van der Waals surface area (Å²) in [5.41, 5.74) is -0.236. The Hall–Kier alpha value is -3.00. The summed E-state index contributed by atoms with van der Waals surface area (Å²) in [6.45, 7) is 4.77. The minimum absolute atomic E-state index is 0.0253. The highest BCUT2D eigenvalue weighted by Gasteiger charge is 2.51. The van der Waals surface area contributed by atoms with Crippen LogP contribution in [0.25, 0.3) is 0 Å². The number of alkyl carbamates (subject to hydrolysis) is 1. The van der Waals surface area contributed by atoms with E-state index in [2.05, 4.69) is 15.1 Å². The number of piperazine rings is 1. The second-order valence-electron chi connectivity index (χ2n) is 13.0. The predicted molar refractivity (Wildman–Crippen MR) is 152 cm³/mol. The second-order valence-corrected chi connectivity index (χ2v) is 13.0. The minimum Gasteiger partial charge on any atom is -0.478 e. The first-order valence-electron chi connectivity index (χ1n) is 16.1. The van der Waals surface area contributed by atoms with E-state index in [0.717, 1.165) is 12.8 Å². The zero-order valence-corrected chi connectivity index (χ0v) is 25.1. The molecule has 0 spiro atoms. The molecular weight excluding hydrogens is 580 g/mol. The molecule has 3 heterocycles. The molecule has 0 aromatic carbocycles. The van der Waals surface area contributed by atoms with Crippen molar-refractivity contribution in [3.63, 3.8) is 0 Å². The zero-order valence-electron chi connectivity index (χ0n) is 25.1. The van der Waals surface area contributed by atoms with E-state index in [1.807, 2.05) is 4.90 Å². The van der Waals surface area contributed by atoms with Gasteiger partial charge in [0.1, 0.15) is 24.0 Å². The average Bonchev–Trinajstić information content (AvgIpc) is 3.77. The van der Waals surface area contributed by atoms with Gasteiger partial charge in [-0.3, -0.25) is 14.6 Å². The van der Waals surface area contributed by atoms with Gasteiger partial charge in [0, 0.05) is 74.9 Å². The largest absolute Gasteiger partial charge is 0.478 e. The van der Waals surface area contributed by atoms with Crippen molar-refractivity contribution in [2.75, 3.05) is 45.9 Å². The molecule has 0 aromatic rings. The lowest BCUT2D eigenvalue weighted by molar-refractivity contribution is -0.138. The minimum atomic E-state index is -1.25. The highest BCUT2D eigenvalue weighted by molar-refractivity contribution is 6.18. The smallest absolute Gasteiger partial charge is 0.410 e. The first-order valence-corrected chi connectivity index (χ1v) is 16.1. The maximum Gasteiger partial charge on any atom is 0.410 e. The molecule has 2 N–H and O–H groups in total. The summed E-state index contributed by atoms with van der Waals surface area (Å²) < 4.78 is 41.4. The van der Waals surface area contributed by atoms with Crippen molar-refractivity contribution in [1.29, 1.82) is 0 Å². The number of carboxylic acid groups (broad SMARTS) is 1. The fraction of sp³-hybridized carbons (Fsp3) is 0.800. The Morgan fingerprint density at radius 3 is 2.25 bits per heavy atom. The molecule has 6 rings (SSSR count).